The molecule has 2 aromatic heterocycles. The molecule has 0 aliphatic rings. The van der Waals surface area contributed by atoms with E-state index in [0.717, 1.165) is 18.1 Å². The van der Waals surface area contributed by atoms with E-state index in [9.17, 15) is 0 Å². The maximum atomic E-state index is 6.10. The first kappa shape index (κ1) is 13.3. The van der Waals surface area contributed by atoms with Gasteiger partial charge in [0.05, 0.1) is 10.7 Å². The minimum absolute atomic E-state index is 0.680. The molecule has 1 N–H and O–H groups in total. The maximum absolute atomic E-state index is 6.10. The van der Waals surface area contributed by atoms with E-state index in [1.807, 2.05) is 26.2 Å². The van der Waals surface area contributed by atoms with Gasteiger partial charge < -0.3 is 10.2 Å². The Hall–Kier alpha value is -1.10. The van der Waals surface area contributed by atoms with Gasteiger partial charge in [-0.2, -0.15) is 11.3 Å². The van der Waals surface area contributed by atoms with Crippen LogP contribution in [0.3, 0.4) is 0 Å². The fraction of sp³-hybridized carbons (Fsp3) is 0.308. The normalized spacial score (nSPS) is 10.6. The number of thiophene rings is 1. The molecule has 0 radical (unpaired) electrons. The summed E-state index contributed by atoms with van der Waals surface area (Å²) in [5.41, 5.74) is 2.18. The van der Waals surface area contributed by atoms with E-state index in [0.29, 0.717) is 11.6 Å². The average Bonchev–Trinajstić information content (AvgIpc) is 2.85. The Morgan fingerprint density at radius 2 is 2.22 bits per heavy atom. The first-order valence-corrected chi connectivity index (χ1v) is 7.05. The van der Waals surface area contributed by atoms with Crippen LogP contribution < -0.4 is 10.2 Å². The van der Waals surface area contributed by atoms with Crippen molar-refractivity contribution in [2.45, 2.75) is 13.1 Å². The molecule has 96 valence electrons. The molecule has 0 amide bonds. The Balaban J connectivity index is 2.14. The fourth-order valence-electron chi connectivity index (χ4n) is 1.71. The van der Waals surface area contributed by atoms with Gasteiger partial charge in [0, 0.05) is 20.1 Å². The van der Waals surface area contributed by atoms with Gasteiger partial charge in [-0.15, -0.1) is 0 Å². The Morgan fingerprint density at radius 3 is 2.89 bits per heavy atom. The minimum Gasteiger partial charge on any atom is -0.355 e. The van der Waals surface area contributed by atoms with E-state index in [4.69, 9.17) is 11.6 Å². The van der Waals surface area contributed by atoms with Crippen molar-refractivity contribution in [3.8, 4) is 0 Å². The predicted octanol–water partition coefficient (Wildman–Crippen LogP) is 3.15. The van der Waals surface area contributed by atoms with Crippen LogP contribution in [0.5, 0.6) is 0 Å². The van der Waals surface area contributed by atoms with Gasteiger partial charge in [-0.1, -0.05) is 11.6 Å². The number of anilines is 1. The fourth-order valence-corrected chi connectivity index (χ4v) is 2.55. The summed E-state index contributed by atoms with van der Waals surface area (Å²) >= 11 is 7.82. The SMILES string of the molecule is CNCc1nc(N(C)Cc2ccsc2)ccc1Cl. The Kier molecular flexibility index (Phi) is 4.58. The van der Waals surface area contributed by atoms with Crippen LogP contribution >= 0.6 is 22.9 Å². The Labute approximate surface area is 116 Å². The second-order valence-electron chi connectivity index (χ2n) is 4.12. The summed E-state index contributed by atoms with van der Waals surface area (Å²) in [6.45, 7) is 1.54. The number of nitrogens with zero attached hydrogens (tertiary/aromatic N) is 2. The molecule has 3 nitrogen and oxygen atoms in total. The standard InChI is InChI=1S/C13H16ClN3S/c1-15-7-12-11(14)3-4-13(16-12)17(2)8-10-5-6-18-9-10/h3-6,9,15H,7-8H2,1-2H3. The van der Waals surface area contributed by atoms with Crippen molar-refractivity contribution in [3.63, 3.8) is 0 Å². The van der Waals surface area contributed by atoms with Crippen molar-refractivity contribution in [2.75, 3.05) is 19.0 Å². The zero-order chi connectivity index (χ0) is 13.0. The van der Waals surface area contributed by atoms with Crippen molar-refractivity contribution in [1.82, 2.24) is 10.3 Å². The highest BCUT2D eigenvalue weighted by molar-refractivity contribution is 7.07. The average molecular weight is 282 g/mol. The highest BCUT2D eigenvalue weighted by Gasteiger charge is 2.07. The first-order valence-electron chi connectivity index (χ1n) is 5.73. The smallest absolute Gasteiger partial charge is 0.129 e. The van der Waals surface area contributed by atoms with E-state index < -0.39 is 0 Å². The summed E-state index contributed by atoms with van der Waals surface area (Å²) < 4.78 is 0. The lowest BCUT2D eigenvalue weighted by Gasteiger charge is -2.18. The summed E-state index contributed by atoms with van der Waals surface area (Å²) in [5, 5.41) is 8.02. The topological polar surface area (TPSA) is 28.2 Å². The first-order chi connectivity index (χ1) is 8.70. The zero-order valence-electron chi connectivity index (χ0n) is 10.5. The number of rotatable bonds is 5. The number of hydrogen-bond donors (Lipinski definition) is 1. The molecule has 2 rings (SSSR count). The molecule has 0 unspecified atom stereocenters. The molecule has 0 bridgehead atoms. The van der Waals surface area contributed by atoms with E-state index in [1.54, 1.807) is 11.3 Å². The van der Waals surface area contributed by atoms with Crippen molar-refractivity contribution in [1.29, 1.82) is 0 Å². The number of nitrogens with one attached hydrogen (secondary N) is 1. The molecule has 0 spiro atoms. The highest BCUT2D eigenvalue weighted by atomic mass is 35.5. The molecule has 0 aromatic carbocycles. The van der Waals surface area contributed by atoms with Crippen molar-refractivity contribution >= 4 is 28.8 Å². The largest absolute Gasteiger partial charge is 0.355 e. The third kappa shape index (κ3) is 3.22. The van der Waals surface area contributed by atoms with Crippen LogP contribution in [-0.2, 0) is 13.1 Å². The molecule has 0 aliphatic carbocycles. The van der Waals surface area contributed by atoms with Gasteiger partial charge in [-0.3, -0.25) is 0 Å². The second kappa shape index (κ2) is 6.18. The quantitative estimate of drug-likeness (QED) is 0.912. The maximum Gasteiger partial charge on any atom is 0.129 e. The third-order valence-corrected chi connectivity index (χ3v) is 3.72. The lowest BCUT2D eigenvalue weighted by Crippen LogP contribution is -2.18. The van der Waals surface area contributed by atoms with Crippen molar-refractivity contribution in [3.05, 3.63) is 45.2 Å². The monoisotopic (exact) mass is 281 g/mol. The molecule has 0 atom stereocenters. The number of pyridine rings is 1. The van der Waals surface area contributed by atoms with Gasteiger partial charge in [0.2, 0.25) is 0 Å². The molecule has 0 saturated heterocycles. The summed E-state index contributed by atoms with van der Waals surface area (Å²) in [5.74, 6) is 0.941. The number of hydrogen-bond acceptors (Lipinski definition) is 4. The summed E-state index contributed by atoms with van der Waals surface area (Å²) in [4.78, 5) is 6.70. The molecule has 0 fully saturated rings. The Bertz CT molecular complexity index is 499. The van der Waals surface area contributed by atoms with E-state index in [-0.39, 0.29) is 0 Å². The van der Waals surface area contributed by atoms with Crippen LogP contribution in [0.15, 0.2) is 29.0 Å². The molecule has 0 aliphatic heterocycles. The second-order valence-corrected chi connectivity index (χ2v) is 5.30. The summed E-state index contributed by atoms with van der Waals surface area (Å²) in [7, 11) is 3.93. The zero-order valence-corrected chi connectivity index (χ0v) is 12.1. The van der Waals surface area contributed by atoms with Crippen LogP contribution in [0, 0.1) is 0 Å². The molecule has 18 heavy (non-hydrogen) atoms. The lowest BCUT2D eigenvalue weighted by molar-refractivity contribution is 0.783. The van der Waals surface area contributed by atoms with Crippen molar-refractivity contribution < 1.29 is 0 Å². The van der Waals surface area contributed by atoms with Gasteiger partial charge in [-0.25, -0.2) is 4.98 Å². The minimum atomic E-state index is 0.680. The lowest BCUT2D eigenvalue weighted by atomic mass is 10.3. The van der Waals surface area contributed by atoms with Gasteiger partial charge >= 0.3 is 0 Å². The van der Waals surface area contributed by atoms with Gasteiger partial charge in [0.1, 0.15) is 5.82 Å². The van der Waals surface area contributed by atoms with Crippen LogP contribution in [-0.4, -0.2) is 19.1 Å². The van der Waals surface area contributed by atoms with Crippen LogP contribution in [0.1, 0.15) is 11.3 Å². The third-order valence-electron chi connectivity index (χ3n) is 2.64. The number of aromatic nitrogens is 1. The Morgan fingerprint density at radius 1 is 1.39 bits per heavy atom. The van der Waals surface area contributed by atoms with Gasteiger partial charge in [-0.05, 0) is 41.6 Å². The molecule has 5 heteroatoms. The van der Waals surface area contributed by atoms with Crippen molar-refractivity contribution in [2.24, 2.45) is 0 Å². The highest BCUT2D eigenvalue weighted by Crippen LogP contribution is 2.20. The van der Waals surface area contributed by atoms with Crippen LogP contribution in [0.2, 0.25) is 5.02 Å². The molecule has 0 saturated carbocycles. The van der Waals surface area contributed by atoms with Gasteiger partial charge in [0.25, 0.3) is 0 Å². The summed E-state index contributed by atoms with van der Waals surface area (Å²) in [6.07, 6.45) is 0. The van der Waals surface area contributed by atoms with Crippen LogP contribution in [0.4, 0.5) is 5.82 Å². The molecular weight excluding hydrogens is 266 g/mol. The molecule has 2 heterocycles. The molecular formula is C13H16ClN3S. The predicted molar refractivity (Wildman–Crippen MR) is 78.4 cm³/mol. The van der Waals surface area contributed by atoms with Gasteiger partial charge in [0.15, 0.2) is 0 Å². The summed E-state index contributed by atoms with van der Waals surface area (Å²) in [6, 6.07) is 5.99. The molecule has 2 aromatic rings. The van der Waals surface area contributed by atoms with Crippen LogP contribution in [0.25, 0.3) is 0 Å². The number of halogens is 1. The van der Waals surface area contributed by atoms with E-state index in [1.165, 1.54) is 5.56 Å². The van der Waals surface area contributed by atoms with E-state index >= 15 is 0 Å². The van der Waals surface area contributed by atoms with E-state index in [2.05, 4.69) is 32.0 Å².